The van der Waals surface area contributed by atoms with Gasteiger partial charge < -0.3 is 15.5 Å². The van der Waals surface area contributed by atoms with Crippen LogP contribution in [0.25, 0.3) is 0 Å². The number of halogens is 3. The largest absolute Gasteiger partial charge is 0.399 e. The summed E-state index contributed by atoms with van der Waals surface area (Å²) in [6.45, 7) is 0.362. The minimum atomic E-state index is -5.54. The Bertz CT molecular complexity index is 464. The monoisotopic (exact) mass is 329 g/mol. The predicted molar refractivity (Wildman–Crippen MR) is 62.8 cm³/mol. The molecule has 8 heteroatoms. The van der Waals surface area contributed by atoms with Gasteiger partial charge in [0, 0.05) is 10.0 Å². The Balaban J connectivity index is 3.21. The minimum absolute atomic E-state index is 0.0447. The fourth-order valence-corrected chi connectivity index (χ4v) is 2.62. The molecule has 1 aromatic carbocycles. The van der Waals surface area contributed by atoms with Gasteiger partial charge in [-0.25, -0.2) is 0 Å². The highest BCUT2D eigenvalue weighted by Crippen LogP contribution is 2.60. The van der Waals surface area contributed by atoms with Crippen LogP contribution in [-0.4, -0.2) is 16.3 Å². The maximum Gasteiger partial charge on any atom is 0.399 e. The maximum atomic E-state index is 13.4. The molecule has 0 saturated carbocycles. The van der Waals surface area contributed by atoms with Crippen LogP contribution in [-0.2, 0) is 16.6 Å². The third-order valence-electron chi connectivity index (χ3n) is 2.16. The number of hydrogen-bond donors (Lipinski definition) is 3. The lowest BCUT2D eigenvalue weighted by atomic mass is 10.1. The molecule has 17 heavy (non-hydrogen) atoms. The van der Waals surface area contributed by atoms with Crippen LogP contribution in [0.5, 0.6) is 0 Å². The molecule has 0 atom stereocenters. The second kappa shape index (κ2) is 5.12. The molecular formula is C9H11BrF2NO3P. The molecule has 0 aromatic heterocycles. The van der Waals surface area contributed by atoms with Crippen LogP contribution in [0, 0.1) is 0 Å². The van der Waals surface area contributed by atoms with Gasteiger partial charge in [-0.3, -0.25) is 4.57 Å². The van der Waals surface area contributed by atoms with Gasteiger partial charge in [-0.1, -0.05) is 28.1 Å². The molecule has 0 spiro atoms. The van der Waals surface area contributed by atoms with Gasteiger partial charge in [0.2, 0.25) is 0 Å². The van der Waals surface area contributed by atoms with Gasteiger partial charge in [-0.2, -0.15) is 8.78 Å². The van der Waals surface area contributed by atoms with Crippen molar-refractivity contribution < 1.29 is 23.1 Å². The van der Waals surface area contributed by atoms with E-state index in [0.29, 0.717) is 18.5 Å². The van der Waals surface area contributed by atoms with E-state index in [1.807, 2.05) is 0 Å². The lowest BCUT2D eigenvalue weighted by Gasteiger charge is -2.19. The van der Waals surface area contributed by atoms with E-state index >= 15 is 0 Å². The molecule has 0 fully saturated rings. The summed E-state index contributed by atoms with van der Waals surface area (Å²) in [6.07, 6.45) is 0.500. The van der Waals surface area contributed by atoms with Crippen LogP contribution in [0.4, 0.5) is 8.78 Å². The van der Waals surface area contributed by atoms with Gasteiger partial charge in [-0.15, -0.1) is 0 Å². The van der Waals surface area contributed by atoms with Gasteiger partial charge >= 0.3 is 13.3 Å². The highest BCUT2D eigenvalue weighted by atomic mass is 79.9. The predicted octanol–water partition coefficient (Wildman–Crippen LogP) is 2.18. The smallest absolute Gasteiger partial charge is 0.330 e. The van der Waals surface area contributed by atoms with Gasteiger partial charge in [0.1, 0.15) is 0 Å². The molecule has 0 radical (unpaired) electrons. The second-order valence-electron chi connectivity index (χ2n) is 3.44. The van der Waals surface area contributed by atoms with E-state index in [4.69, 9.17) is 15.5 Å². The summed E-state index contributed by atoms with van der Waals surface area (Å²) in [4.78, 5) is 17.2. The van der Waals surface area contributed by atoms with E-state index in [9.17, 15) is 13.3 Å². The van der Waals surface area contributed by atoms with Gasteiger partial charge in [0.05, 0.1) is 0 Å². The fourth-order valence-electron chi connectivity index (χ4n) is 1.28. The van der Waals surface area contributed by atoms with Crippen molar-refractivity contribution in [2.45, 2.75) is 12.1 Å². The number of rotatable bonds is 4. The molecule has 1 rings (SSSR count). The third-order valence-corrected chi connectivity index (χ3v) is 3.79. The molecule has 0 heterocycles. The maximum absolute atomic E-state index is 13.4. The zero-order valence-electron chi connectivity index (χ0n) is 8.61. The van der Waals surface area contributed by atoms with Crippen LogP contribution < -0.4 is 5.73 Å². The standard InChI is InChI=1S/C9H11BrF2NO3P/c10-8-5-6(3-4-13)1-2-7(8)9(11,12)17(14,15)16/h1-2,5H,3-4,13H2,(H2,14,15,16). The summed E-state index contributed by atoms with van der Waals surface area (Å²) in [5, 5.41) is 0. The van der Waals surface area contributed by atoms with Gasteiger partial charge in [0.15, 0.2) is 0 Å². The van der Waals surface area contributed by atoms with E-state index < -0.39 is 18.8 Å². The Morgan fingerprint density at radius 1 is 1.41 bits per heavy atom. The minimum Gasteiger partial charge on any atom is -0.330 e. The van der Waals surface area contributed by atoms with Crippen LogP contribution >= 0.6 is 23.5 Å². The van der Waals surface area contributed by atoms with E-state index in [-0.39, 0.29) is 4.47 Å². The quantitative estimate of drug-likeness (QED) is 0.739. The van der Waals surface area contributed by atoms with Crippen molar-refractivity contribution in [3.63, 3.8) is 0 Å². The van der Waals surface area contributed by atoms with Crippen molar-refractivity contribution in [3.8, 4) is 0 Å². The average molecular weight is 330 g/mol. The highest BCUT2D eigenvalue weighted by molar-refractivity contribution is 9.10. The van der Waals surface area contributed by atoms with Crippen LogP contribution in [0.15, 0.2) is 22.7 Å². The zero-order chi connectivity index (χ0) is 13.3. The number of nitrogens with two attached hydrogens (primary N) is 1. The summed E-state index contributed by atoms with van der Waals surface area (Å²) in [5.74, 6) is 0. The molecule has 4 N–H and O–H groups in total. The Kier molecular flexibility index (Phi) is 4.43. The third kappa shape index (κ3) is 3.11. The number of benzene rings is 1. The second-order valence-corrected chi connectivity index (χ2v) is 5.94. The van der Waals surface area contributed by atoms with E-state index in [1.54, 1.807) is 0 Å². The first-order valence-corrected chi connectivity index (χ1v) is 7.03. The van der Waals surface area contributed by atoms with Gasteiger partial charge in [-0.05, 0) is 24.6 Å². The number of hydrogen-bond acceptors (Lipinski definition) is 2. The van der Waals surface area contributed by atoms with Crippen molar-refractivity contribution in [1.29, 1.82) is 0 Å². The van der Waals surface area contributed by atoms with Crippen LogP contribution in [0.2, 0.25) is 0 Å². The average Bonchev–Trinajstić information content (AvgIpc) is 2.16. The van der Waals surface area contributed by atoms with Crippen molar-refractivity contribution in [2.75, 3.05) is 6.54 Å². The molecule has 0 amide bonds. The summed E-state index contributed by atoms with van der Waals surface area (Å²) >= 11 is 2.88. The summed E-state index contributed by atoms with van der Waals surface area (Å²) in [5.41, 5.74) is 1.10. The Morgan fingerprint density at radius 2 is 2.00 bits per heavy atom. The molecule has 0 unspecified atom stereocenters. The van der Waals surface area contributed by atoms with Crippen molar-refractivity contribution in [3.05, 3.63) is 33.8 Å². The van der Waals surface area contributed by atoms with Crippen molar-refractivity contribution in [1.82, 2.24) is 0 Å². The Hall–Kier alpha value is -0.330. The lowest BCUT2D eigenvalue weighted by molar-refractivity contribution is 0.0557. The molecule has 0 aliphatic rings. The molecule has 0 saturated heterocycles. The molecule has 1 aromatic rings. The first-order valence-electron chi connectivity index (χ1n) is 4.62. The first-order chi connectivity index (χ1) is 7.70. The fraction of sp³-hybridized carbons (Fsp3) is 0.333. The normalized spacial score (nSPS) is 12.8. The zero-order valence-corrected chi connectivity index (χ0v) is 11.1. The Morgan fingerprint density at radius 3 is 2.41 bits per heavy atom. The summed E-state index contributed by atoms with van der Waals surface area (Å²) < 4.78 is 37.5. The molecule has 0 bridgehead atoms. The lowest BCUT2D eigenvalue weighted by Crippen LogP contribution is -2.15. The molecule has 4 nitrogen and oxygen atoms in total. The van der Waals surface area contributed by atoms with E-state index in [2.05, 4.69) is 15.9 Å². The highest BCUT2D eigenvalue weighted by Gasteiger charge is 2.51. The first kappa shape index (κ1) is 14.7. The summed E-state index contributed by atoms with van der Waals surface area (Å²) in [7, 11) is -5.54. The topological polar surface area (TPSA) is 83.6 Å². The number of alkyl halides is 2. The molecule has 0 aliphatic heterocycles. The van der Waals surface area contributed by atoms with Gasteiger partial charge in [0.25, 0.3) is 0 Å². The Labute approximate surface area is 105 Å². The van der Waals surface area contributed by atoms with Crippen molar-refractivity contribution in [2.24, 2.45) is 5.73 Å². The van der Waals surface area contributed by atoms with Crippen LogP contribution in [0.1, 0.15) is 11.1 Å². The molecular weight excluding hydrogens is 319 g/mol. The van der Waals surface area contributed by atoms with Crippen molar-refractivity contribution >= 4 is 23.5 Å². The van der Waals surface area contributed by atoms with E-state index in [1.165, 1.54) is 12.1 Å². The summed E-state index contributed by atoms with van der Waals surface area (Å²) in [6, 6.07) is 3.75. The SMILES string of the molecule is NCCc1ccc(C(F)(F)P(=O)(O)O)c(Br)c1. The molecule has 0 aliphatic carbocycles. The molecule has 96 valence electrons. The van der Waals surface area contributed by atoms with E-state index in [0.717, 1.165) is 6.07 Å². The van der Waals surface area contributed by atoms with Crippen LogP contribution in [0.3, 0.4) is 0 Å².